The van der Waals surface area contributed by atoms with Crippen LogP contribution >= 0.6 is 23.2 Å². The summed E-state index contributed by atoms with van der Waals surface area (Å²) in [6, 6.07) is 1.99. The van der Waals surface area contributed by atoms with E-state index in [2.05, 4.69) is 10.1 Å². The van der Waals surface area contributed by atoms with Gasteiger partial charge in [-0.3, -0.25) is 4.79 Å². The number of nitrogens with two attached hydrogens (primary N) is 1. The van der Waals surface area contributed by atoms with Crippen LogP contribution in [-0.2, 0) is 9.53 Å². The first kappa shape index (κ1) is 14.6. The SMILES string of the molecule is COC(=O)C(C)NC(=O)c1cc(N)c(Cl)c(Cl)c1. The predicted octanol–water partition coefficient (Wildman–Crippen LogP) is 1.87. The quantitative estimate of drug-likeness (QED) is 0.658. The fourth-order valence-electron chi connectivity index (χ4n) is 1.26. The van der Waals surface area contributed by atoms with Gasteiger partial charge < -0.3 is 15.8 Å². The lowest BCUT2D eigenvalue weighted by molar-refractivity contribution is -0.142. The molecule has 0 fully saturated rings. The van der Waals surface area contributed by atoms with E-state index in [1.807, 2.05) is 0 Å². The highest BCUT2D eigenvalue weighted by molar-refractivity contribution is 6.43. The average Bonchev–Trinajstić information content (AvgIpc) is 2.33. The molecule has 5 nitrogen and oxygen atoms in total. The largest absolute Gasteiger partial charge is 0.467 e. The van der Waals surface area contributed by atoms with Crippen molar-refractivity contribution in [3.63, 3.8) is 0 Å². The molecule has 7 heteroatoms. The van der Waals surface area contributed by atoms with Crippen molar-refractivity contribution in [2.45, 2.75) is 13.0 Å². The zero-order chi connectivity index (χ0) is 13.9. The highest BCUT2D eigenvalue weighted by Crippen LogP contribution is 2.29. The van der Waals surface area contributed by atoms with Gasteiger partial charge in [-0.2, -0.15) is 0 Å². The molecular formula is C11H12Cl2N2O3. The van der Waals surface area contributed by atoms with E-state index in [1.54, 1.807) is 0 Å². The lowest BCUT2D eigenvalue weighted by Crippen LogP contribution is -2.39. The van der Waals surface area contributed by atoms with Crippen LogP contribution in [0.15, 0.2) is 12.1 Å². The summed E-state index contributed by atoms with van der Waals surface area (Å²) in [7, 11) is 1.24. The van der Waals surface area contributed by atoms with E-state index in [4.69, 9.17) is 28.9 Å². The van der Waals surface area contributed by atoms with Crippen molar-refractivity contribution >= 4 is 40.8 Å². The molecule has 1 atom stereocenters. The van der Waals surface area contributed by atoms with Crippen molar-refractivity contribution < 1.29 is 14.3 Å². The molecule has 0 aromatic heterocycles. The van der Waals surface area contributed by atoms with Gasteiger partial charge in [0.05, 0.1) is 22.8 Å². The van der Waals surface area contributed by atoms with Crippen LogP contribution in [-0.4, -0.2) is 25.0 Å². The van der Waals surface area contributed by atoms with Gasteiger partial charge in [0.2, 0.25) is 0 Å². The Morgan fingerprint density at radius 2 is 2.00 bits per heavy atom. The molecule has 0 saturated carbocycles. The summed E-state index contributed by atoms with van der Waals surface area (Å²) in [5.74, 6) is -1.03. The monoisotopic (exact) mass is 290 g/mol. The molecule has 0 aliphatic rings. The van der Waals surface area contributed by atoms with Gasteiger partial charge in [0.1, 0.15) is 6.04 Å². The average molecular weight is 291 g/mol. The summed E-state index contributed by atoms with van der Waals surface area (Å²) in [6.07, 6.45) is 0. The second-order valence-corrected chi connectivity index (χ2v) is 4.36. The van der Waals surface area contributed by atoms with E-state index in [9.17, 15) is 9.59 Å². The Hall–Kier alpha value is -1.46. The molecule has 0 heterocycles. The maximum Gasteiger partial charge on any atom is 0.328 e. The Balaban J connectivity index is 2.89. The van der Waals surface area contributed by atoms with Gasteiger partial charge in [0.25, 0.3) is 5.91 Å². The van der Waals surface area contributed by atoms with Gasteiger partial charge in [-0.15, -0.1) is 0 Å². The molecule has 1 aromatic carbocycles. The minimum atomic E-state index is -0.766. The van der Waals surface area contributed by atoms with E-state index in [0.29, 0.717) is 0 Å². The van der Waals surface area contributed by atoms with Crippen molar-refractivity contribution in [2.24, 2.45) is 0 Å². The number of hydrogen-bond acceptors (Lipinski definition) is 4. The summed E-state index contributed by atoms with van der Waals surface area (Å²) in [5, 5.41) is 2.81. The normalized spacial score (nSPS) is 11.8. The van der Waals surface area contributed by atoms with Crippen LogP contribution in [0.1, 0.15) is 17.3 Å². The molecule has 1 aromatic rings. The molecule has 3 N–H and O–H groups in total. The molecule has 0 aliphatic carbocycles. The van der Waals surface area contributed by atoms with E-state index in [-0.39, 0.29) is 21.3 Å². The molecule has 1 rings (SSSR count). The van der Waals surface area contributed by atoms with Crippen molar-refractivity contribution in [2.75, 3.05) is 12.8 Å². The zero-order valence-electron chi connectivity index (χ0n) is 9.79. The molecule has 18 heavy (non-hydrogen) atoms. The molecular weight excluding hydrogens is 279 g/mol. The lowest BCUT2D eigenvalue weighted by Gasteiger charge is -2.12. The summed E-state index contributed by atoms with van der Waals surface area (Å²) < 4.78 is 4.49. The first-order chi connectivity index (χ1) is 8.36. The number of methoxy groups -OCH3 is 1. The second kappa shape index (κ2) is 5.93. The number of carbonyl (C=O) groups is 2. The van der Waals surface area contributed by atoms with Crippen molar-refractivity contribution in [3.05, 3.63) is 27.7 Å². The van der Waals surface area contributed by atoms with Crippen molar-refractivity contribution in [1.29, 1.82) is 0 Å². The third-order valence-corrected chi connectivity index (χ3v) is 3.04. The maximum absolute atomic E-state index is 11.8. The van der Waals surface area contributed by atoms with Crippen LogP contribution in [0, 0.1) is 0 Å². The van der Waals surface area contributed by atoms with E-state index in [0.717, 1.165) is 0 Å². The van der Waals surface area contributed by atoms with Crippen molar-refractivity contribution in [3.8, 4) is 0 Å². The Kier molecular flexibility index (Phi) is 4.81. The number of amides is 1. The molecule has 0 aliphatic heterocycles. The zero-order valence-corrected chi connectivity index (χ0v) is 11.3. The number of anilines is 1. The fourth-order valence-corrected chi connectivity index (χ4v) is 1.59. The van der Waals surface area contributed by atoms with Crippen molar-refractivity contribution in [1.82, 2.24) is 5.32 Å². The number of carbonyl (C=O) groups excluding carboxylic acids is 2. The van der Waals surface area contributed by atoms with Gasteiger partial charge in [0, 0.05) is 5.56 Å². The van der Waals surface area contributed by atoms with E-state index >= 15 is 0 Å². The lowest BCUT2D eigenvalue weighted by atomic mass is 10.1. The Morgan fingerprint density at radius 3 is 2.50 bits per heavy atom. The van der Waals surface area contributed by atoms with Crippen LogP contribution in [0.4, 0.5) is 5.69 Å². The summed E-state index contributed by atoms with van der Waals surface area (Å²) in [6.45, 7) is 1.50. The fraction of sp³-hybridized carbons (Fsp3) is 0.273. The molecule has 1 amide bonds. The number of halogens is 2. The summed E-state index contributed by atoms with van der Waals surface area (Å²) >= 11 is 11.6. The topological polar surface area (TPSA) is 81.4 Å². The molecule has 0 spiro atoms. The number of rotatable bonds is 3. The van der Waals surface area contributed by atoms with Gasteiger partial charge in [-0.25, -0.2) is 4.79 Å². The van der Waals surface area contributed by atoms with Crippen LogP contribution in [0.2, 0.25) is 10.0 Å². The predicted molar refractivity (Wildman–Crippen MR) is 69.8 cm³/mol. The maximum atomic E-state index is 11.8. The minimum absolute atomic E-state index is 0.174. The number of esters is 1. The summed E-state index contributed by atoms with van der Waals surface area (Å²) in [5.41, 5.74) is 6.00. The molecule has 98 valence electrons. The van der Waals surface area contributed by atoms with E-state index in [1.165, 1.54) is 26.2 Å². The summed E-state index contributed by atoms with van der Waals surface area (Å²) in [4.78, 5) is 23.0. The highest BCUT2D eigenvalue weighted by Gasteiger charge is 2.18. The van der Waals surface area contributed by atoms with Crippen LogP contribution < -0.4 is 11.1 Å². The first-order valence-electron chi connectivity index (χ1n) is 5.00. The van der Waals surface area contributed by atoms with Gasteiger partial charge >= 0.3 is 5.97 Å². The Labute approximate surface area is 114 Å². The van der Waals surface area contributed by atoms with Gasteiger partial charge in [-0.1, -0.05) is 23.2 Å². The number of nitrogens with one attached hydrogen (secondary N) is 1. The number of benzene rings is 1. The molecule has 0 saturated heterocycles. The van der Waals surface area contributed by atoms with Gasteiger partial charge in [-0.05, 0) is 19.1 Å². The number of ether oxygens (including phenoxy) is 1. The molecule has 0 bridgehead atoms. The second-order valence-electron chi connectivity index (χ2n) is 3.58. The molecule has 1 unspecified atom stereocenters. The first-order valence-corrected chi connectivity index (χ1v) is 5.75. The van der Waals surface area contributed by atoms with Crippen LogP contribution in [0.3, 0.4) is 0 Å². The van der Waals surface area contributed by atoms with Crippen LogP contribution in [0.5, 0.6) is 0 Å². The highest BCUT2D eigenvalue weighted by atomic mass is 35.5. The minimum Gasteiger partial charge on any atom is -0.467 e. The van der Waals surface area contributed by atoms with Gasteiger partial charge in [0.15, 0.2) is 0 Å². The third-order valence-electron chi connectivity index (χ3n) is 2.22. The Morgan fingerprint density at radius 1 is 1.39 bits per heavy atom. The Bertz CT molecular complexity index is 468. The molecule has 0 radical (unpaired) electrons. The number of nitrogen functional groups attached to an aromatic ring is 1. The standard InChI is InChI=1S/C11H12Cl2N2O3/c1-5(11(17)18-2)15-10(16)6-3-7(12)9(13)8(14)4-6/h3-5H,14H2,1-2H3,(H,15,16). The van der Waals surface area contributed by atoms with Crippen LogP contribution in [0.25, 0.3) is 0 Å². The third kappa shape index (κ3) is 3.27. The van der Waals surface area contributed by atoms with E-state index < -0.39 is 17.9 Å². The smallest absolute Gasteiger partial charge is 0.328 e. The number of hydrogen-bond donors (Lipinski definition) is 2.